The molecule has 2 aliphatic heterocycles. The molecule has 12 heteroatoms. The maximum Gasteiger partial charge on any atom is 0.238 e. The lowest BCUT2D eigenvalue weighted by Gasteiger charge is -2.48. The fourth-order valence-corrected chi connectivity index (χ4v) is 7.30. The molecule has 0 bridgehead atoms. The van der Waals surface area contributed by atoms with Crippen LogP contribution in [0, 0.1) is 0 Å². The quantitative estimate of drug-likeness (QED) is 0.371. The van der Waals surface area contributed by atoms with Crippen molar-refractivity contribution in [2.24, 2.45) is 5.73 Å². The summed E-state index contributed by atoms with van der Waals surface area (Å²) in [5, 5.41) is 8.90. The van der Waals surface area contributed by atoms with E-state index in [0.717, 1.165) is 35.8 Å². The van der Waals surface area contributed by atoms with Gasteiger partial charge in [-0.1, -0.05) is 39.7 Å². The number of aromatic nitrogens is 4. The van der Waals surface area contributed by atoms with E-state index < -0.39 is 15.4 Å². The highest BCUT2D eigenvalue weighted by molar-refractivity contribution is 9.10. The number of carbonyl (C=O) groups is 1. The summed E-state index contributed by atoms with van der Waals surface area (Å²) in [6, 6.07) is 14.0. The standard InChI is InChI=1S/C26H28BrN7O3S/c27-18-8-10-19(11-9-18)38(36,37)24-23-29-22(20-6-2-3-7-21(20)34(23)31-30-24)32-16-12-26(13-17-32,25(28)35)33-14-4-1-5-15-33/h2-3,6-11H,1,4-5,12-17H2,(H2,28,35). The topological polar surface area (TPSA) is 127 Å². The van der Waals surface area contributed by atoms with E-state index in [1.165, 1.54) is 23.1 Å². The third-order valence-electron chi connectivity index (χ3n) is 7.89. The van der Waals surface area contributed by atoms with Crippen molar-refractivity contribution in [2.75, 3.05) is 31.1 Å². The summed E-state index contributed by atoms with van der Waals surface area (Å²) in [6.07, 6.45) is 4.51. The van der Waals surface area contributed by atoms with Gasteiger partial charge < -0.3 is 10.6 Å². The first-order valence-electron chi connectivity index (χ1n) is 12.8. The Morgan fingerprint density at radius 3 is 2.32 bits per heavy atom. The van der Waals surface area contributed by atoms with Crippen LogP contribution in [0.5, 0.6) is 0 Å². The summed E-state index contributed by atoms with van der Waals surface area (Å²) < 4.78 is 29.3. The molecule has 10 nitrogen and oxygen atoms in total. The number of anilines is 1. The van der Waals surface area contributed by atoms with Crippen LogP contribution < -0.4 is 10.6 Å². The van der Waals surface area contributed by atoms with Gasteiger partial charge in [0.1, 0.15) is 11.4 Å². The largest absolute Gasteiger partial charge is 0.368 e. The summed E-state index contributed by atoms with van der Waals surface area (Å²) in [6.45, 7) is 2.91. The van der Waals surface area contributed by atoms with Gasteiger partial charge >= 0.3 is 0 Å². The number of primary amides is 1. The van der Waals surface area contributed by atoms with Gasteiger partial charge in [-0.15, -0.1) is 5.10 Å². The maximum atomic E-state index is 13.5. The number of rotatable bonds is 5. The molecule has 2 aromatic carbocycles. The molecule has 0 spiro atoms. The third-order valence-corrected chi connectivity index (χ3v) is 10.1. The number of carbonyl (C=O) groups excluding carboxylic acids is 1. The van der Waals surface area contributed by atoms with E-state index in [1.54, 1.807) is 12.1 Å². The minimum atomic E-state index is -3.96. The normalized spacial score (nSPS) is 18.7. The zero-order valence-electron chi connectivity index (χ0n) is 20.8. The number of para-hydroxylation sites is 1. The molecule has 198 valence electrons. The predicted molar refractivity (Wildman–Crippen MR) is 147 cm³/mol. The first kappa shape index (κ1) is 25.2. The Kier molecular flexibility index (Phi) is 6.36. The lowest BCUT2D eigenvalue weighted by atomic mass is 9.83. The Morgan fingerprint density at radius 1 is 0.947 bits per heavy atom. The number of nitrogens with two attached hydrogens (primary N) is 1. The molecule has 0 unspecified atom stereocenters. The van der Waals surface area contributed by atoms with Crippen molar-refractivity contribution in [1.82, 2.24) is 24.7 Å². The van der Waals surface area contributed by atoms with Gasteiger partial charge in [-0.2, -0.15) is 4.52 Å². The van der Waals surface area contributed by atoms with Gasteiger partial charge in [-0.3, -0.25) is 9.69 Å². The van der Waals surface area contributed by atoms with Crippen LogP contribution in [0.2, 0.25) is 0 Å². The highest BCUT2D eigenvalue weighted by atomic mass is 79.9. The van der Waals surface area contributed by atoms with E-state index in [1.807, 2.05) is 24.3 Å². The second kappa shape index (κ2) is 9.58. The van der Waals surface area contributed by atoms with Gasteiger partial charge in [-0.25, -0.2) is 13.4 Å². The summed E-state index contributed by atoms with van der Waals surface area (Å²) in [5.41, 5.74) is 6.21. The van der Waals surface area contributed by atoms with Crippen molar-refractivity contribution >= 4 is 54.0 Å². The van der Waals surface area contributed by atoms with Crippen molar-refractivity contribution < 1.29 is 13.2 Å². The number of fused-ring (bicyclic) bond motifs is 3. The Bertz CT molecular complexity index is 1620. The van der Waals surface area contributed by atoms with Crippen LogP contribution in [0.1, 0.15) is 32.1 Å². The van der Waals surface area contributed by atoms with Crippen LogP contribution in [0.25, 0.3) is 16.6 Å². The Hall–Kier alpha value is -3.09. The lowest BCUT2D eigenvalue weighted by molar-refractivity contribution is -0.132. The van der Waals surface area contributed by atoms with Crippen LogP contribution in [-0.2, 0) is 14.6 Å². The van der Waals surface area contributed by atoms with E-state index in [4.69, 9.17) is 10.7 Å². The average Bonchev–Trinajstić information content (AvgIpc) is 3.39. The second-order valence-corrected chi connectivity index (χ2v) is 12.8. The number of piperidine rings is 2. The first-order valence-corrected chi connectivity index (χ1v) is 15.0. The minimum Gasteiger partial charge on any atom is -0.368 e. The van der Waals surface area contributed by atoms with Gasteiger partial charge in [0.2, 0.25) is 20.8 Å². The molecule has 38 heavy (non-hydrogen) atoms. The first-order chi connectivity index (χ1) is 18.3. The molecule has 2 N–H and O–H groups in total. The van der Waals surface area contributed by atoms with Crippen LogP contribution >= 0.6 is 15.9 Å². The van der Waals surface area contributed by atoms with Gasteiger partial charge in [0.15, 0.2) is 5.65 Å². The van der Waals surface area contributed by atoms with Crippen molar-refractivity contribution in [3.63, 3.8) is 0 Å². The molecule has 4 aromatic rings. The smallest absolute Gasteiger partial charge is 0.238 e. The second-order valence-electron chi connectivity index (χ2n) is 9.97. The Balaban J connectivity index is 1.42. The van der Waals surface area contributed by atoms with Crippen molar-refractivity contribution in [2.45, 2.75) is 47.6 Å². The van der Waals surface area contributed by atoms with Gasteiger partial charge in [0, 0.05) is 22.9 Å². The molecule has 0 saturated carbocycles. The molecule has 2 aliphatic rings. The van der Waals surface area contributed by atoms with E-state index in [9.17, 15) is 13.2 Å². The number of hydrogen-bond acceptors (Lipinski definition) is 8. The Morgan fingerprint density at radius 2 is 1.63 bits per heavy atom. The van der Waals surface area contributed by atoms with Crippen molar-refractivity contribution in [1.29, 1.82) is 0 Å². The fourth-order valence-electron chi connectivity index (χ4n) is 5.80. The third kappa shape index (κ3) is 4.05. The monoisotopic (exact) mass is 597 g/mol. The molecule has 0 aliphatic carbocycles. The molecule has 6 rings (SSSR count). The summed E-state index contributed by atoms with van der Waals surface area (Å²) in [4.78, 5) is 22.1. The summed E-state index contributed by atoms with van der Waals surface area (Å²) in [7, 11) is -3.96. The number of likely N-dealkylation sites (tertiary alicyclic amines) is 1. The van der Waals surface area contributed by atoms with Crippen molar-refractivity contribution in [3.05, 3.63) is 53.0 Å². The number of halogens is 1. The molecule has 2 saturated heterocycles. The molecule has 0 atom stereocenters. The average molecular weight is 599 g/mol. The minimum absolute atomic E-state index is 0.116. The number of sulfone groups is 1. The fraction of sp³-hybridized carbons (Fsp3) is 0.385. The molecule has 2 fully saturated rings. The Labute approximate surface area is 228 Å². The van der Waals surface area contributed by atoms with Crippen molar-refractivity contribution in [3.8, 4) is 0 Å². The van der Waals surface area contributed by atoms with E-state index in [-0.39, 0.29) is 21.5 Å². The van der Waals surface area contributed by atoms with Gasteiger partial charge in [-0.05, 0) is 75.2 Å². The number of benzene rings is 2. The van der Waals surface area contributed by atoms with E-state index >= 15 is 0 Å². The summed E-state index contributed by atoms with van der Waals surface area (Å²) in [5.74, 6) is 0.384. The maximum absolute atomic E-state index is 13.5. The molecule has 2 aromatic heterocycles. The highest BCUT2D eigenvalue weighted by Crippen LogP contribution is 2.36. The van der Waals surface area contributed by atoms with Gasteiger partial charge in [0.25, 0.3) is 0 Å². The van der Waals surface area contributed by atoms with Crippen LogP contribution in [-0.4, -0.2) is 70.8 Å². The van der Waals surface area contributed by atoms with E-state index in [0.29, 0.717) is 37.3 Å². The number of nitrogens with zero attached hydrogens (tertiary/aromatic N) is 6. The molecular formula is C26H28BrN7O3S. The molecule has 1 amide bonds. The van der Waals surface area contributed by atoms with Crippen LogP contribution in [0.15, 0.2) is 62.9 Å². The number of amides is 1. The lowest BCUT2D eigenvalue weighted by Crippen LogP contribution is -2.63. The predicted octanol–water partition coefficient (Wildman–Crippen LogP) is 3.18. The zero-order valence-corrected chi connectivity index (χ0v) is 23.2. The molecule has 0 radical (unpaired) electrons. The highest BCUT2D eigenvalue weighted by Gasteiger charge is 2.45. The van der Waals surface area contributed by atoms with Crippen LogP contribution in [0.3, 0.4) is 0 Å². The van der Waals surface area contributed by atoms with Crippen LogP contribution in [0.4, 0.5) is 5.82 Å². The van der Waals surface area contributed by atoms with Gasteiger partial charge in [0.05, 0.1) is 10.4 Å². The number of hydrogen-bond donors (Lipinski definition) is 1. The van der Waals surface area contributed by atoms with E-state index in [2.05, 4.69) is 36.0 Å². The molecular weight excluding hydrogens is 570 g/mol. The summed E-state index contributed by atoms with van der Waals surface area (Å²) >= 11 is 3.35. The zero-order chi connectivity index (χ0) is 26.5. The molecule has 4 heterocycles. The SMILES string of the molecule is NC(=O)C1(N2CCCCC2)CCN(c2nc3c(S(=O)(=O)c4ccc(Br)cc4)nnn3c3ccccc23)CC1.